The van der Waals surface area contributed by atoms with Crippen molar-refractivity contribution in [2.24, 2.45) is 5.92 Å². The molecule has 0 saturated heterocycles. The Kier molecular flexibility index (Phi) is 5.77. The lowest BCUT2D eigenvalue weighted by atomic mass is 9.91. The minimum absolute atomic E-state index is 0.139. The van der Waals surface area contributed by atoms with Gasteiger partial charge in [-0.25, -0.2) is 0 Å². The molecule has 0 unspecified atom stereocenters. The van der Waals surface area contributed by atoms with E-state index in [1.165, 1.54) is 0 Å². The van der Waals surface area contributed by atoms with Crippen LogP contribution in [0, 0.1) is 12.8 Å². The van der Waals surface area contributed by atoms with Crippen molar-refractivity contribution in [2.45, 2.75) is 19.9 Å². The Balaban J connectivity index is 1.90. The van der Waals surface area contributed by atoms with Crippen molar-refractivity contribution in [2.75, 3.05) is 5.32 Å². The van der Waals surface area contributed by atoms with Crippen LogP contribution in [0.5, 0.6) is 11.5 Å². The number of hydrogen-bond acceptors (Lipinski definition) is 4. The molecule has 0 spiro atoms. The number of aryl methyl sites for hydroxylation is 1. The van der Waals surface area contributed by atoms with Gasteiger partial charge < -0.3 is 15.2 Å². The maximum atomic E-state index is 12.8. The zero-order valence-corrected chi connectivity index (χ0v) is 15.4. The zero-order valence-electron chi connectivity index (χ0n) is 15.4. The molecule has 0 aliphatic heterocycles. The monoisotopic (exact) mass is 361 g/mol. The van der Waals surface area contributed by atoms with Gasteiger partial charge in [-0.1, -0.05) is 54.6 Å². The molecular formula is C23H23NO3. The van der Waals surface area contributed by atoms with E-state index in [9.17, 15) is 9.90 Å². The molecule has 4 nitrogen and oxygen atoms in total. The molecule has 0 bridgehead atoms. The third kappa shape index (κ3) is 4.47. The summed E-state index contributed by atoms with van der Waals surface area (Å²) in [6.45, 7) is 3.83. The molecule has 0 saturated carbocycles. The van der Waals surface area contributed by atoms with Crippen molar-refractivity contribution in [3.63, 3.8) is 0 Å². The molecule has 0 aliphatic rings. The van der Waals surface area contributed by atoms with Crippen LogP contribution in [-0.4, -0.2) is 11.1 Å². The summed E-state index contributed by atoms with van der Waals surface area (Å²) in [7, 11) is 0. The number of para-hydroxylation sites is 3. The normalized spacial score (nSPS) is 12.8. The number of carbonyl (C=O) groups excluding carboxylic acids is 1. The maximum Gasteiger partial charge on any atom is 0.316 e. The Morgan fingerprint density at radius 3 is 2.26 bits per heavy atom. The average molecular weight is 361 g/mol. The van der Waals surface area contributed by atoms with E-state index < -0.39 is 5.92 Å². The highest BCUT2D eigenvalue weighted by molar-refractivity contribution is 5.77. The number of esters is 1. The summed E-state index contributed by atoms with van der Waals surface area (Å²) in [5.74, 6) is -0.163. The van der Waals surface area contributed by atoms with Crippen molar-refractivity contribution in [3.05, 3.63) is 90.0 Å². The molecule has 0 fully saturated rings. The van der Waals surface area contributed by atoms with Crippen LogP contribution in [0.4, 0.5) is 5.69 Å². The third-order valence-electron chi connectivity index (χ3n) is 4.57. The second kappa shape index (κ2) is 8.41. The fraction of sp³-hybridized carbons (Fsp3) is 0.174. The molecule has 2 N–H and O–H groups in total. The summed E-state index contributed by atoms with van der Waals surface area (Å²) in [5, 5.41) is 13.5. The van der Waals surface area contributed by atoms with E-state index in [0.717, 1.165) is 11.1 Å². The molecule has 3 aromatic carbocycles. The lowest BCUT2D eigenvalue weighted by Gasteiger charge is -2.27. The number of benzene rings is 3. The molecule has 4 heteroatoms. The van der Waals surface area contributed by atoms with Crippen molar-refractivity contribution < 1.29 is 14.6 Å². The second-order valence-electron chi connectivity index (χ2n) is 6.52. The summed E-state index contributed by atoms with van der Waals surface area (Å²) in [4.78, 5) is 12.8. The molecule has 0 amide bonds. The van der Waals surface area contributed by atoms with Gasteiger partial charge in [0.2, 0.25) is 0 Å². The minimum atomic E-state index is -0.481. The molecule has 0 aromatic heterocycles. The van der Waals surface area contributed by atoms with E-state index in [0.29, 0.717) is 11.4 Å². The van der Waals surface area contributed by atoms with Crippen LogP contribution in [0.25, 0.3) is 0 Å². The molecule has 3 rings (SSSR count). The number of aromatic hydroxyl groups is 1. The quantitative estimate of drug-likeness (QED) is 0.364. The van der Waals surface area contributed by atoms with Gasteiger partial charge in [0.05, 0.1) is 17.6 Å². The average Bonchev–Trinajstić information content (AvgIpc) is 2.68. The number of anilines is 1. The van der Waals surface area contributed by atoms with Gasteiger partial charge in [-0.15, -0.1) is 0 Å². The first-order valence-corrected chi connectivity index (χ1v) is 8.93. The van der Waals surface area contributed by atoms with Crippen LogP contribution in [0.2, 0.25) is 0 Å². The number of carbonyl (C=O) groups is 1. The number of phenolic OH excluding ortho intramolecular Hbond substituents is 1. The molecule has 138 valence electrons. The van der Waals surface area contributed by atoms with Crippen molar-refractivity contribution >= 4 is 11.7 Å². The van der Waals surface area contributed by atoms with E-state index in [2.05, 4.69) is 5.32 Å². The van der Waals surface area contributed by atoms with Gasteiger partial charge in [0, 0.05) is 0 Å². The third-order valence-corrected chi connectivity index (χ3v) is 4.57. The first-order valence-electron chi connectivity index (χ1n) is 8.93. The van der Waals surface area contributed by atoms with Crippen molar-refractivity contribution in [3.8, 4) is 11.5 Å². The summed E-state index contributed by atoms with van der Waals surface area (Å²) >= 11 is 0. The van der Waals surface area contributed by atoms with E-state index in [4.69, 9.17) is 4.74 Å². The first-order chi connectivity index (χ1) is 13.1. The first kappa shape index (κ1) is 18.5. The highest BCUT2D eigenvalue weighted by Crippen LogP contribution is 2.33. The smallest absolute Gasteiger partial charge is 0.316 e. The fourth-order valence-corrected chi connectivity index (χ4v) is 3.00. The van der Waals surface area contributed by atoms with Crippen LogP contribution >= 0.6 is 0 Å². The number of rotatable bonds is 6. The molecule has 2 atom stereocenters. The Hall–Kier alpha value is -3.27. The van der Waals surface area contributed by atoms with Gasteiger partial charge in [0.15, 0.2) is 0 Å². The van der Waals surface area contributed by atoms with Crippen LogP contribution in [-0.2, 0) is 4.79 Å². The number of ether oxygens (including phenoxy) is 1. The van der Waals surface area contributed by atoms with Gasteiger partial charge in [0.25, 0.3) is 0 Å². The summed E-state index contributed by atoms with van der Waals surface area (Å²) in [6.07, 6.45) is 0. The predicted octanol–water partition coefficient (Wildman–Crippen LogP) is 5.10. The molecular weight excluding hydrogens is 338 g/mol. The molecule has 27 heavy (non-hydrogen) atoms. The van der Waals surface area contributed by atoms with E-state index >= 15 is 0 Å². The summed E-state index contributed by atoms with van der Waals surface area (Å²) in [6, 6.07) is 23.6. The van der Waals surface area contributed by atoms with Crippen LogP contribution < -0.4 is 10.1 Å². The summed E-state index contributed by atoms with van der Waals surface area (Å²) < 4.78 is 5.55. The van der Waals surface area contributed by atoms with Crippen molar-refractivity contribution in [1.29, 1.82) is 0 Å². The van der Waals surface area contributed by atoms with Gasteiger partial charge >= 0.3 is 5.97 Å². The van der Waals surface area contributed by atoms with Gasteiger partial charge in [-0.05, 0) is 49.2 Å². The molecule has 0 heterocycles. The van der Waals surface area contributed by atoms with Crippen LogP contribution in [0.1, 0.15) is 24.1 Å². The lowest BCUT2D eigenvalue weighted by molar-refractivity contribution is -0.138. The Bertz CT molecular complexity index is 908. The Labute approximate surface area is 159 Å². The van der Waals surface area contributed by atoms with Gasteiger partial charge in [-0.3, -0.25) is 4.79 Å². The van der Waals surface area contributed by atoms with Crippen molar-refractivity contribution in [1.82, 2.24) is 0 Å². The molecule has 0 aliphatic carbocycles. The van der Waals surface area contributed by atoms with Gasteiger partial charge in [-0.2, -0.15) is 0 Å². The topological polar surface area (TPSA) is 58.6 Å². The molecule has 3 aromatic rings. The largest absolute Gasteiger partial charge is 0.506 e. The highest BCUT2D eigenvalue weighted by atomic mass is 16.5. The zero-order chi connectivity index (χ0) is 19.2. The lowest BCUT2D eigenvalue weighted by Crippen LogP contribution is -2.29. The Morgan fingerprint density at radius 1 is 0.926 bits per heavy atom. The molecule has 0 radical (unpaired) electrons. The Morgan fingerprint density at radius 2 is 1.56 bits per heavy atom. The standard InChI is InChI=1S/C23H23NO3/c1-16-10-6-7-13-19(16)22(24-20-14-8-9-15-21(20)25)17(2)23(26)27-18-11-4-3-5-12-18/h3-15,17,22,24-25H,1-2H3/t17-,22+/m1/s1. The second-order valence-corrected chi connectivity index (χ2v) is 6.52. The predicted molar refractivity (Wildman–Crippen MR) is 107 cm³/mol. The van der Waals surface area contributed by atoms with Gasteiger partial charge in [0.1, 0.15) is 11.5 Å². The SMILES string of the molecule is Cc1ccccc1[C@@H](Nc1ccccc1O)[C@@H](C)C(=O)Oc1ccccc1. The number of phenols is 1. The number of nitrogens with one attached hydrogen (secondary N) is 1. The van der Waals surface area contributed by atoms with Crippen LogP contribution in [0.3, 0.4) is 0 Å². The highest BCUT2D eigenvalue weighted by Gasteiger charge is 2.29. The summed E-state index contributed by atoms with van der Waals surface area (Å²) in [5.41, 5.74) is 2.62. The fourth-order valence-electron chi connectivity index (χ4n) is 3.00. The van der Waals surface area contributed by atoms with E-state index in [-0.39, 0.29) is 17.8 Å². The van der Waals surface area contributed by atoms with E-state index in [1.54, 1.807) is 30.3 Å². The maximum absolute atomic E-state index is 12.8. The minimum Gasteiger partial charge on any atom is -0.506 e. The van der Waals surface area contributed by atoms with Crippen LogP contribution in [0.15, 0.2) is 78.9 Å². The number of hydrogen-bond donors (Lipinski definition) is 2. The van der Waals surface area contributed by atoms with E-state index in [1.807, 2.05) is 62.4 Å².